The topological polar surface area (TPSA) is 74.8 Å². The molecular weight excluding hydrogens is 304 g/mol. The maximum absolute atomic E-state index is 11.6. The molecule has 0 unspecified atom stereocenters. The van der Waals surface area contributed by atoms with Crippen LogP contribution in [-0.4, -0.2) is 38.6 Å². The molecule has 0 spiro atoms. The Morgan fingerprint density at radius 2 is 2.04 bits per heavy atom. The number of carbonyl (C=O) groups excluding carboxylic acids is 1. The van der Waals surface area contributed by atoms with E-state index in [2.05, 4.69) is 27.5 Å². The van der Waals surface area contributed by atoms with Gasteiger partial charge in [-0.05, 0) is 12.5 Å². The van der Waals surface area contributed by atoms with Crippen LogP contribution >= 0.6 is 0 Å². The summed E-state index contributed by atoms with van der Waals surface area (Å²) in [5.41, 5.74) is 1.03. The summed E-state index contributed by atoms with van der Waals surface area (Å²) < 4.78 is 5.63. The third-order valence-corrected chi connectivity index (χ3v) is 3.22. The second-order valence-electron chi connectivity index (χ2n) is 5.16. The summed E-state index contributed by atoms with van der Waals surface area (Å²) in [6.45, 7) is 7.98. The SMILES string of the molecule is C=CCOc1ccccc1CNC(=NC)NCCC(=O)NCCC. The van der Waals surface area contributed by atoms with E-state index in [0.717, 1.165) is 17.7 Å². The summed E-state index contributed by atoms with van der Waals surface area (Å²) >= 11 is 0. The van der Waals surface area contributed by atoms with Gasteiger partial charge in [0.2, 0.25) is 5.91 Å². The van der Waals surface area contributed by atoms with Crippen LogP contribution in [-0.2, 0) is 11.3 Å². The van der Waals surface area contributed by atoms with Gasteiger partial charge in [0.25, 0.3) is 0 Å². The van der Waals surface area contributed by atoms with Gasteiger partial charge in [0.15, 0.2) is 5.96 Å². The zero-order chi connectivity index (χ0) is 17.6. The first kappa shape index (κ1) is 19.5. The molecule has 1 aromatic rings. The van der Waals surface area contributed by atoms with Gasteiger partial charge < -0.3 is 20.7 Å². The lowest BCUT2D eigenvalue weighted by atomic mass is 10.2. The van der Waals surface area contributed by atoms with Crippen molar-refractivity contribution in [3.8, 4) is 5.75 Å². The molecule has 0 radical (unpaired) electrons. The number of rotatable bonds is 10. The highest BCUT2D eigenvalue weighted by molar-refractivity contribution is 5.81. The zero-order valence-corrected chi connectivity index (χ0v) is 14.6. The van der Waals surface area contributed by atoms with Gasteiger partial charge in [0, 0.05) is 38.7 Å². The Hall–Kier alpha value is -2.50. The first-order valence-electron chi connectivity index (χ1n) is 8.24. The first-order valence-corrected chi connectivity index (χ1v) is 8.24. The zero-order valence-electron chi connectivity index (χ0n) is 14.6. The van der Waals surface area contributed by atoms with Crippen molar-refractivity contribution >= 4 is 11.9 Å². The summed E-state index contributed by atoms with van der Waals surface area (Å²) in [6.07, 6.45) is 3.07. The van der Waals surface area contributed by atoms with E-state index in [1.54, 1.807) is 13.1 Å². The first-order chi connectivity index (χ1) is 11.7. The van der Waals surface area contributed by atoms with E-state index in [1.807, 2.05) is 31.2 Å². The van der Waals surface area contributed by atoms with E-state index in [1.165, 1.54) is 0 Å². The highest BCUT2D eigenvalue weighted by Crippen LogP contribution is 2.17. The molecule has 6 nitrogen and oxygen atoms in total. The van der Waals surface area contributed by atoms with Crippen molar-refractivity contribution in [3.63, 3.8) is 0 Å². The van der Waals surface area contributed by atoms with Crippen LogP contribution in [0.2, 0.25) is 0 Å². The third kappa shape index (κ3) is 7.67. The number of guanidine groups is 1. The summed E-state index contributed by atoms with van der Waals surface area (Å²) in [4.78, 5) is 15.7. The van der Waals surface area contributed by atoms with E-state index in [9.17, 15) is 4.79 Å². The van der Waals surface area contributed by atoms with Crippen molar-refractivity contribution in [2.45, 2.75) is 26.3 Å². The Morgan fingerprint density at radius 1 is 1.25 bits per heavy atom. The molecule has 0 atom stereocenters. The largest absolute Gasteiger partial charge is 0.489 e. The lowest BCUT2D eigenvalue weighted by molar-refractivity contribution is -0.120. The van der Waals surface area contributed by atoms with Gasteiger partial charge in [-0.3, -0.25) is 9.79 Å². The van der Waals surface area contributed by atoms with Crippen molar-refractivity contribution in [2.75, 3.05) is 26.7 Å². The fraction of sp³-hybridized carbons (Fsp3) is 0.444. The minimum absolute atomic E-state index is 0.0444. The van der Waals surface area contributed by atoms with Crippen LogP contribution < -0.4 is 20.7 Å². The van der Waals surface area contributed by atoms with Crippen LogP contribution in [0.4, 0.5) is 0 Å². The van der Waals surface area contributed by atoms with Crippen molar-refractivity contribution in [1.82, 2.24) is 16.0 Å². The molecule has 6 heteroatoms. The van der Waals surface area contributed by atoms with Gasteiger partial charge in [0.05, 0.1) is 0 Å². The van der Waals surface area contributed by atoms with Gasteiger partial charge in [-0.15, -0.1) is 0 Å². The van der Waals surface area contributed by atoms with Crippen molar-refractivity contribution in [1.29, 1.82) is 0 Å². The Kier molecular flexibility index (Phi) is 9.76. The van der Waals surface area contributed by atoms with Gasteiger partial charge in [-0.2, -0.15) is 0 Å². The molecule has 24 heavy (non-hydrogen) atoms. The molecular formula is C18H28N4O2. The molecule has 0 bridgehead atoms. The van der Waals surface area contributed by atoms with Gasteiger partial charge in [-0.25, -0.2) is 0 Å². The van der Waals surface area contributed by atoms with E-state index < -0.39 is 0 Å². The maximum atomic E-state index is 11.6. The number of carbonyl (C=O) groups is 1. The van der Waals surface area contributed by atoms with Gasteiger partial charge in [0.1, 0.15) is 12.4 Å². The van der Waals surface area contributed by atoms with Crippen LogP contribution in [0.5, 0.6) is 5.75 Å². The van der Waals surface area contributed by atoms with Crippen LogP contribution in [0.25, 0.3) is 0 Å². The highest BCUT2D eigenvalue weighted by atomic mass is 16.5. The molecule has 132 valence electrons. The Balaban J connectivity index is 2.41. The second kappa shape index (κ2) is 12.0. The Labute approximate surface area is 144 Å². The van der Waals surface area contributed by atoms with Gasteiger partial charge in [-0.1, -0.05) is 37.8 Å². The number of hydrogen-bond donors (Lipinski definition) is 3. The summed E-state index contributed by atoms with van der Waals surface area (Å²) in [7, 11) is 1.70. The fourth-order valence-electron chi connectivity index (χ4n) is 1.99. The average molecular weight is 332 g/mol. The molecule has 0 aliphatic rings. The van der Waals surface area contributed by atoms with Crippen LogP contribution in [0, 0.1) is 0 Å². The number of nitrogens with zero attached hydrogens (tertiary/aromatic N) is 1. The minimum Gasteiger partial charge on any atom is -0.489 e. The smallest absolute Gasteiger partial charge is 0.221 e. The van der Waals surface area contributed by atoms with Crippen molar-refractivity contribution in [3.05, 3.63) is 42.5 Å². The summed E-state index contributed by atoms with van der Waals surface area (Å²) in [5.74, 6) is 1.51. The number of amides is 1. The molecule has 0 aromatic heterocycles. The minimum atomic E-state index is 0.0444. The monoisotopic (exact) mass is 332 g/mol. The molecule has 0 saturated carbocycles. The van der Waals surface area contributed by atoms with Gasteiger partial charge >= 0.3 is 0 Å². The van der Waals surface area contributed by atoms with E-state index in [0.29, 0.717) is 38.6 Å². The highest BCUT2D eigenvalue weighted by Gasteiger charge is 2.05. The molecule has 0 fully saturated rings. The summed E-state index contributed by atoms with van der Waals surface area (Å²) in [5, 5.41) is 9.20. The molecule has 3 N–H and O–H groups in total. The van der Waals surface area contributed by atoms with Crippen LogP contribution in [0.1, 0.15) is 25.3 Å². The molecule has 0 heterocycles. The maximum Gasteiger partial charge on any atom is 0.221 e. The molecule has 0 aliphatic heterocycles. The molecule has 0 saturated heterocycles. The molecule has 1 amide bonds. The van der Waals surface area contributed by atoms with E-state index in [4.69, 9.17) is 4.74 Å². The lowest BCUT2D eigenvalue weighted by Gasteiger charge is -2.14. The molecule has 0 aliphatic carbocycles. The summed E-state index contributed by atoms with van der Waals surface area (Å²) in [6, 6.07) is 7.82. The Morgan fingerprint density at radius 3 is 2.75 bits per heavy atom. The number of aliphatic imine (C=N–C) groups is 1. The fourth-order valence-corrected chi connectivity index (χ4v) is 1.99. The van der Waals surface area contributed by atoms with E-state index in [-0.39, 0.29) is 5.91 Å². The quantitative estimate of drug-likeness (QED) is 0.347. The predicted molar refractivity (Wildman–Crippen MR) is 98.3 cm³/mol. The molecule has 1 rings (SSSR count). The normalized spacial score (nSPS) is 10.8. The van der Waals surface area contributed by atoms with Crippen molar-refractivity contribution in [2.24, 2.45) is 4.99 Å². The van der Waals surface area contributed by atoms with Crippen LogP contribution in [0.3, 0.4) is 0 Å². The number of para-hydroxylation sites is 1. The lowest BCUT2D eigenvalue weighted by Crippen LogP contribution is -2.39. The van der Waals surface area contributed by atoms with Crippen molar-refractivity contribution < 1.29 is 9.53 Å². The number of hydrogen-bond acceptors (Lipinski definition) is 3. The molecule has 1 aromatic carbocycles. The number of benzene rings is 1. The number of ether oxygens (including phenoxy) is 1. The van der Waals surface area contributed by atoms with Crippen LogP contribution in [0.15, 0.2) is 41.9 Å². The third-order valence-electron chi connectivity index (χ3n) is 3.22. The second-order valence-corrected chi connectivity index (χ2v) is 5.16. The average Bonchev–Trinajstić information content (AvgIpc) is 2.61. The standard InChI is InChI=1S/C18H28N4O2/c1-4-11-20-17(23)10-12-21-18(19-3)22-14-15-8-6-7-9-16(15)24-13-5-2/h5-9H,2,4,10-14H2,1,3H3,(H,20,23)(H2,19,21,22). The Bertz CT molecular complexity index is 544. The van der Waals surface area contributed by atoms with E-state index >= 15 is 0 Å². The number of nitrogens with one attached hydrogen (secondary N) is 3. The predicted octanol–water partition coefficient (Wildman–Crippen LogP) is 1.83.